The summed E-state index contributed by atoms with van der Waals surface area (Å²) in [4.78, 5) is 2.41. The average Bonchev–Trinajstić information content (AvgIpc) is 3.72. The third-order valence-electron chi connectivity index (χ3n) is 11.7. The molecule has 0 aliphatic rings. The molecule has 0 aliphatic heterocycles. The van der Waals surface area contributed by atoms with Crippen molar-refractivity contribution >= 4 is 49.8 Å². The largest absolute Gasteiger partial charge is 0.456 e. The van der Waals surface area contributed by atoms with Crippen molar-refractivity contribution < 1.29 is 4.42 Å². The highest BCUT2D eigenvalue weighted by Crippen LogP contribution is 2.48. The lowest BCUT2D eigenvalue weighted by Crippen LogP contribution is -2.11. The van der Waals surface area contributed by atoms with Gasteiger partial charge in [-0.15, -0.1) is 0 Å². The van der Waals surface area contributed by atoms with E-state index < -0.39 is 0 Å². The maximum atomic E-state index is 6.49. The van der Waals surface area contributed by atoms with Crippen LogP contribution in [0.3, 0.4) is 0 Å². The van der Waals surface area contributed by atoms with Gasteiger partial charge in [0.2, 0.25) is 0 Å². The molecule has 0 N–H and O–H groups in total. The van der Waals surface area contributed by atoms with Crippen LogP contribution in [0.25, 0.3) is 88.3 Å². The first-order chi connectivity index (χ1) is 29.8. The second-order valence-electron chi connectivity index (χ2n) is 15.2. The van der Waals surface area contributed by atoms with Crippen LogP contribution in [0.5, 0.6) is 0 Å². The molecule has 2 heteroatoms. The quantitative estimate of drug-likeness (QED) is 0.153. The maximum Gasteiger partial charge on any atom is 0.137 e. The Morgan fingerprint density at radius 2 is 0.733 bits per heavy atom. The van der Waals surface area contributed by atoms with Crippen molar-refractivity contribution in [3.05, 3.63) is 237 Å². The minimum absolute atomic E-state index is 0.858. The van der Waals surface area contributed by atoms with Crippen LogP contribution in [0.4, 0.5) is 17.1 Å². The first kappa shape index (κ1) is 35.2. The number of para-hydroxylation sites is 2. The van der Waals surface area contributed by atoms with Crippen LogP contribution in [-0.4, -0.2) is 0 Å². The summed E-state index contributed by atoms with van der Waals surface area (Å²) in [5, 5.41) is 4.65. The van der Waals surface area contributed by atoms with E-state index in [0.717, 1.165) is 50.1 Å². The van der Waals surface area contributed by atoms with Gasteiger partial charge >= 0.3 is 0 Å². The van der Waals surface area contributed by atoms with E-state index in [0.29, 0.717) is 0 Å². The molecule has 0 spiro atoms. The molecule has 0 atom stereocenters. The number of fused-ring (bicyclic) bond motifs is 4. The zero-order chi connectivity index (χ0) is 39.8. The van der Waals surface area contributed by atoms with Crippen LogP contribution in [0.15, 0.2) is 241 Å². The van der Waals surface area contributed by atoms with Gasteiger partial charge in [0.1, 0.15) is 11.2 Å². The van der Waals surface area contributed by atoms with Gasteiger partial charge < -0.3 is 9.32 Å². The Morgan fingerprint density at radius 3 is 1.52 bits per heavy atom. The van der Waals surface area contributed by atoms with Crippen LogP contribution in [0.1, 0.15) is 0 Å². The van der Waals surface area contributed by atoms with Gasteiger partial charge in [-0.25, -0.2) is 0 Å². The van der Waals surface area contributed by atoms with Gasteiger partial charge in [0.15, 0.2) is 0 Å². The van der Waals surface area contributed by atoms with E-state index >= 15 is 0 Å². The van der Waals surface area contributed by atoms with Gasteiger partial charge in [0.25, 0.3) is 0 Å². The number of furan rings is 1. The molecule has 60 heavy (non-hydrogen) atoms. The second kappa shape index (κ2) is 15.1. The van der Waals surface area contributed by atoms with Crippen molar-refractivity contribution in [3.63, 3.8) is 0 Å². The molecule has 0 saturated heterocycles. The molecule has 0 bridgehead atoms. The summed E-state index contributed by atoms with van der Waals surface area (Å²) >= 11 is 0. The van der Waals surface area contributed by atoms with Gasteiger partial charge in [-0.05, 0) is 97.2 Å². The molecule has 0 aliphatic carbocycles. The van der Waals surface area contributed by atoms with E-state index in [1.54, 1.807) is 0 Å². The summed E-state index contributed by atoms with van der Waals surface area (Å²) in [6, 6.07) is 84.9. The van der Waals surface area contributed by atoms with Crippen LogP contribution >= 0.6 is 0 Å². The Kier molecular flexibility index (Phi) is 8.87. The molecule has 11 rings (SSSR count). The number of hydrogen-bond acceptors (Lipinski definition) is 2. The number of anilines is 3. The molecule has 10 aromatic carbocycles. The van der Waals surface area contributed by atoms with Crippen LogP contribution < -0.4 is 4.90 Å². The third kappa shape index (κ3) is 6.23. The van der Waals surface area contributed by atoms with Crippen LogP contribution in [0, 0.1) is 0 Å². The summed E-state index contributed by atoms with van der Waals surface area (Å²) in [7, 11) is 0. The van der Waals surface area contributed by atoms with E-state index in [1.165, 1.54) is 55.3 Å². The minimum atomic E-state index is 0.858. The second-order valence-corrected chi connectivity index (χ2v) is 15.2. The Labute approximate surface area is 349 Å². The molecular weight excluding hydrogens is 727 g/mol. The fourth-order valence-electron chi connectivity index (χ4n) is 8.91. The van der Waals surface area contributed by atoms with Crippen molar-refractivity contribution in [3.8, 4) is 55.6 Å². The highest BCUT2D eigenvalue weighted by molar-refractivity contribution is 6.14. The Balaban J connectivity index is 1.09. The molecule has 2 nitrogen and oxygen atoms in total. The van der Waals surface area contributed by atoms with Crippen molar-refractivity contribution in [1.29, 1.82) is 0 Å². The first-order valence-electron chi connectivity index (χ1n) is 20.5. The third-order valence-corrected chi connectivity index (χ3v) is 11.7. The highest BCUT2D eigenvalue weighted by atomic mass is 16.3. The Bertz CT molecular complexity index is 3300. The monoisotopic (exact) mass is 765 g/mol. The summed E-state index contributed by atoms with van der Waals surface area (Å²) in [5.41, 5.74) is 16.7. The van der Waals surface area contributed by atoms with E-state index in [4.69, 9.17) is 4.42 Å². The maximum absolute atomic E-state index is 6.49. The zero-order valence-corrected chi connectivity index (χ0v) is 32.9. The van der Waals surface area contributed by atoms with Crippen molar-refractivity contribution in [2.24, 2.45) is 0 Å². The fraction of sp³-hybridized carbons (Fsp3) is 0. The minimum Gasteiger partial charge on any atom is -0.456 e. The van der Waals surface area contributed by atoms with Crippen molar-refractivity contribution in [2.45, 2.75) is 0 Å². The molecule has 1 heterocycles. The van der Waals surface area contributed by atoms with E-state index in [-0.39, 0.29) is 0 Å². The molecular formula is C58H39NO. The SMILES string of the molecule is c1ccc(-c2ccc(-c3ccccc3-c3ccccc3-c3ccccc3N(c3ccc(-c4cccc5ccccc45)cc3)c3cccc4oc5ccccc5c34)cc2)cc1. The predicted molar refractivity (Wildman–Crippen MR) is 253 cm³/mol. The molecule has 0 unspecified atom stereocenters. The van der Waals surface area contributed by atoms with E-state index in [9.17, 15) is 0 Å². The van der Waals surface area contributed by atoms with Gasteiger partial charge in [0, 0.05) is 16.6 Å². The van der Waals surface area contributed by atoms with Gasteiger partial charge in [-0.3, -0.25) is 0 Å². The van der Waals surface area contributed by atoms with Gasteiger partial charge in [-0.2, -0.15) is 0 Å². The molecule has 0 radical (unpaired) electrons. The van der Waals surface area contributed by atoms with E-state index in [2.05, 4.69) is 235 Å². The van der Waals surface area contributed by atoms with Gasteiger partial charge in [-0.1, -0.05) is 200 Å². The smallest absolute Gasteiger partial charge is 0.137 e. The van der Waals surface area contributed by atoms with Crippen LogP contribution in [-0.2, 0) is 0 Å². The Morgan fingerprint density at radius 1 is 0.267 bits per heavy atom. The highest BCUT2D eigenvalue weighted by Gasteiger charge is 2.23. The molecule has 282 valence electrons. The molecule has 0 amide bonds. The van der Waals surface area contributed by atoms with Crippen molar-refractivity contribution in [2.75, 3.05) is 4.90 Å². The predicted octanol–water partition coefficient (Wildman–Crippen LogP) is 16.5. The summed E-state index contributed by atoms with van der Waals surface area (Å²) in [6.45, 7) is 0. The standard InChI is InChI=1S/C58H39NO/c1-2-16-40(17-3-1)41-32-34-43(35-33-41)48-21-6-7-22-49(48)50-23-8-9-24-51(50)52-25-10-12-28-54(52)59(55-29-15-31-57-58(55)53-26-11-13-30-56(53)60-57)45-38-36-44(37-39-45)47-27-14-19-42-18-4-5-20-46(42)47/h1-39H. The molecule has 11 aromatic rings. The van der Waals surface area contributed by atoms with E-state index in [1.807, 2.05) is 6.07 Å². The molecule has 1 aromatic heterocycles. The lowest BCUT2D eigenvalue weighted by atomic mass is 9.88. The zero-order valence-electron chi connectivity index (χ0n) is 32.9. The first-order valence-corrected chi connectivity index (χ1v) is 20.5. The van der Waals surface area contributed by atoms with Crippen molar-refractivity contribution in [1.82, 2.24) is 0 Å². The van der Waals surface area contributed by atoms with Gasteiger partial charge in [0.05, 0.1) is 16.8 Å². The van der Waals surface area contributed by atoms with Crippen LogP contribution in [0.2, 0.25) is 0 Å². The number of rotatable bonds is 8. The fourth-order valence-corrected chi connectivity index (χ4v) is 8.91. The number of benzene rings is 10. The Hall–Kier alpha value is -7.94. The lowest BCUT2D eigenvalue weighted by molar-refractivity contribution is 0.669. The lowest BCUT2D eigenvalue weighted by Gasteiger charge is -2.29. The number of hydrogen-bond donors (Lipinski definition) is 0. The summed E-state index contributed by atoms with van der Waals surface area (Å²) in [6.07, 6.45) is 0. The molecule has 0 fully saturated rings. The number of nitrogens with zero attached hydrogens (tertiary/aromatic N) is 1. The summed E-state index contributed by atoms with van der Waals surface area (Å²) < 4.78 is 6.49. The topological polar surface area (TPSA) is 16.4 Å². The average molecular weight is 766 g/mol. The molecule has 0 saturated carbocycles. The summed E-state index contributed by atoms with van der Waals surface area (Å²) in [5.74, 6) is 0. The normalized spacial score (nSPS) is 11.3.